The van der Waals surface area contributed by atoms with E-state index in [1.165, 1.54) is 0 Å². The van der Waals surface area contributed by atoms with Gasteiger partial charge in [0.1, 0.15) is 10.7 Å². The zero-order valence-corrected chi connectivity index (χ0v) is 11.0. The number of hydrogen-bond donors (Lipinski definition) is 0. The van der Waals surface area contributed by atoms with Crippen LogP contribution in [0.1, 0.15) is 30.8 Å². The summed E-state index contributed by atoms with van der Waals surface area (Å²) in [5.41, 5.74) is 0.685. The van der Waals surface area contributed by atoms with Gasteiger partial charge in [0.15, 0.2) is 11.2 Å². The summed E-state index contributed by atoms with van der Waals surface area (Å²) in [7, 11) is 0. The molecule has 0 amide bonds. The topological polar surface area (TPSA) is 34.4 Å². The predicted octanol–water partition coefficient (Wildman–Crippen LogP) is 3.35. The molecule has 2 heterocycles. The minimum atomic E-state index is 0.685. The Balaban J connectivity index is 2.16. The summed E-state index contributed by atoms with van der Waals surface area (Å²) in [6, 6.07) is 0. The first-order valence-electron chi connectivity index (χ1n) is 5.26. The first-order valence-corrected chi connectivity index (χ1v) is 7.12. The number of aromatic nitrogens is 2. The lowest BCUT2D eigenvalue weighted by Gasteiger charge is -2.02. The van der Waals surface area contributed by atoms with Gasteiger partial charge in [0.05, 0.1) is 0 Å². The lowest BCUT2D eigenvalue weighted by atomic mass is 10.2. The Hall–Kier alpha value is -0.810. The zero-order chi connectivity index (χ0) is 11.5. The van der Waals surface area contributed by atoms with E-state index in [1.54, 1.807) is 23.1 Å². The average Bonchev–Trinajstić information content (AvgIpc) is 2.76. The van der Waals surface area contributed by atoms with Gasteiger partial charge in [-0.25, -0.2) is 4.98 Å². The van der Waals surface area contributed by atoms with E-state index >= 15 is 0 Å². The number of fused-ring (bicyclic) bond motifs is 1. The third kappa shape index (κ3) is 2.30. The summed E-state index contributed by atoms with van der Waals surface area (Å²) in [6.07, 6.45) is 3.93. The SMILES string of the molecule is CC(C)CCSc1nc2sccn2c1C=O. The summed E-state index contributed by atoms with van der Waals surface area (Å²) in [5.74, 6) is 1.71. The highest BCUT2D eigenvalue weighted by Crippen LogP contribution is 2.25. The Morgan fingerprint density at radius 3 is 3.12 bits per heavy atom. The molecule has 0 aliphatic carbocycles. The Morgan fingerprint density at radius 2 is 2.44 bits per heavy atom. The van der Waals surface area contributed by atoms with Crippen molar-refractivity contribution in [1.82, 2.24) is 9.38 Å². The Labute approximate surface area is 103 Å². The molecule has 0 saturated carbocycles. The molecule has 0 aliphatic rings. The summed E-state index contributed by atoms with van der Waals surface area (Å²) in [6.45, 7) is 4.40. The van der Waals surface area contributed by atoms with E-state index in [9.17, 15) is 4.79 Å². The van der Waals surface area contributed by atoms with Gasteiger partial charge in [-0.3, -0.25) is 9.20 Å². The monoisotopic (exact) mass is 254 g/mol. The maximum Gasteiger partial charge on any atom is 0.195 e. The van der Waals surface area contributed by atoms with Crippen LogP contribution in [0, 0.1) is 5.92 Å². The fraction of sp³-hybridized carbons (Fsp3) is 0.455. The van der Waals surface area contributed by atoms with Crippen molar-refractivity contribution in [3.63, 3.8) is 0 Å². The molecule has 0 radical (unpaired) electrons. The largest absolute Gasteiger partial charge is 0.296 e. The molecule has 2 aromatic rings. The number of rotatable bonds is 5. The van der Waals surface area contributed by atoms with Crippen LogP contribution in [0.5, 0.6) is 0 Å². The average molecular weight is 254 g/mol. The number of thiazole rings is 1. The first kappa shape index (κ1) is 11.7. The highest BCUT2D eigenvalue weighted by Gasteiger charge is 2.12. The Kier molecular flexibility index (Phi) is 3.66. The minimum Gasteiger partial charge on any atom is -0.296 e. The fourth-order valence-corrected chi connectivity index (χ4v) is 3.39. The molecule has 0 fully saturated rings. The summed E-state index contributed by atoms with van der Waals surface area (Å²) < 4.78 is 1.86. The van der Waals surface area contributed by atoms with Crippen LogP contribution in [0.2, 0.25) is 0 Å². The van der Waals surface area contributed by atoms with Crippen molar-refractivity contribution in [2.75, 3.05) is 5.75 Å². The van der Waals surface area contributed by atoms with Crippen molar-refractivity contribution in [3.8, 4) is 0 Å². The predicted molar refractivity (Wildman–Crippen MR) is 68.6 cm³/mol. The number of thioether (sulfide) groups is 1. The quantitative estimate of drug-likeness (QED) is 0.606. The van der Waals surface area contributed by atoms with Crippen LogP contribution in [0.25, 0.3) is 4.96 Å². The smallest absolute Gasteiger partial charge is 0.195 e. The van der Waals surface area contributed by atoms with Crippen LogP contribution in [0.3, 0.4) is 0 Å². The number of aldehydes is 1. The van der Waals surface area contributed by atoms with E-state index in [2.05, 4.69) is 18.8 Å². The van der Waals surface area contributed by atoms with E-state index in [1.807, 2.05) is 16.0 Å². The highest BCUT2D eigenvalue weighted by molar-refractivity contribution is 7.99. The number of imidazole rings is 1. The second-order valence-electron chi connectivity index (χ2n) is 4.01. The lowest BCUT2D eigenvalue weighted by molar-refractivity contribution is 0.111. The second kappa shape index (κ2) is 5.01. The molecule has 2 rings (SSSR count). The summed E-state index contributed by atoms with van der Waals surface area (Å²) in [5, 5.41) is 2.81. The summed E-state index contributed by atoms with van der Waals surface area (Å²) >= 11 is 3.23. The maximum absolute atomic E-state index is 11.0. The van der Waals surface area contributed by atoms with Gasteiger partial charge < -0.3 is 0 Å². The molecule has 0 atom stereocenters. The van der Waals surface area contributed by atoms with Crippen LogP contribution in [-0.4, -0.2) is 21.4 Å². The van der Waals surface area contributed by atoms with E-state index in [4.69, 9.17) is 0 Å². The molecule has 0 bridgehead atoms. The molecule has 5 heteroatoms. The highest BCUT2D eigenvalue weighted by atomic mass is 32.2. The lowest BCUT2D eigenvalue weighted by Crippen LogP contribution is -1.92. The van der Waals surface area contributed by atoms with Gasteiger partial charge in [0.2, 0.25) is 0 Å². The van der Waals surface area contributed by atoms with Gasteiger partial charge >= 0.3 is 0 Å². The molecule has 3 nitrogen and oxygen atoms in total. The number of carbonyl (C=O) groups excluding carboxylic acids is 1. The summed E-state index contributed by atoms with van der Waals surface area (Å²) in [4.78, 5) is 16.4. The van der Waals surface area contributed by atoms with E-state index < -0.39 is 0 Å². The van der Waals surface area contributed by atoms with E-state index in [0.29, 0.717) is 11.6 Å². The third-order valence-corrected chi connectivity index (χ3v) is 4.08. The molecular formula is C11H14N2OS2. The van der Waals surface area contributed by atoms with E-state index in [0.717, 1.165) is 28.4 Å². The van der Waals surface area contributed by atoms with Crippen LogP contribution in [-0.2, 0) is 0 Å². The molecule has 0 saturated heterocycles. The van der Waals surface area contributed by atoms with Crippen molar-refractivity contribution in [2.45, 2.75) is 25.3 Å². The van der Waals surface area contributed by atoms with Crippen LogP contribution >= 0.6 is 23.1 Å². The van der Waals surface area contributed by atoms with Gasteiger partial charge in [-0.1, -0.05) is 13.8 Å². The van der Waals surface area contributed by atoms with Crippen LogP contribution in [0.15, 0.2) is 16.6 Å². The molecular weight excluding hydrogens is 240 g/mol. The minimum absolute atomic E-state index is 0.685. The molecule has 0 N–H and O–H groups in total. The Morgan fingerprint density at radius 1 is 1.62 bits per heavy atom. The Bertz CT molecular complexity index is 487. The molecule has 2 aromatic heterocycles. The molecule has 0 aromatic carbocycles. The maximum atomic E-state index is 11.0. The first-order chi connectivity index (χ1) is 7.72. The van der Waals surface area contributed by atoms with Gasteiger partial charge in [0, 0.05) is 11.6 Å². The van der Waals surface area contributed by atoms with Gasteiger partial charge in [0.25, 0.3) is 0 Å². The number of carbonyl (C=O) groups is 1. The number of nitrogens with zero attached hydrogens (tertiary/aromatic N) is 2. The normalized spacial score (nSPS) is 11.4. The zero-order valence-electron chi connectivity index (χ0n) is 9.34. The standard InChI is InChI=1S/C11H14N2OS2/c1-8(2)3-5-15-10-9(7-14)13-4-6-16-11(13)12-10/h4,6-8H,3,5H2,1-2H3. The van der Waals surface area contributed by atoms with Crippen molar-refractivity contribution >= 4 is 34.3 Å². The van der Waals surface area contributed by atoms with Crippen molar-refractivity contribution in [2.24, 2.45) is 5.92 Å². The van der Waals surface area contributed by atoms with Crippen molar-refractivity contribution < 1.29 is 4.79 Å². The van der Waals surface area contributed by atoms with E-state index in [-0.39, 0.29) is 0 Å². The van der Waals surface area contributed by atoms with Gasteiger partial charge in [-0.05, 0) is 18.1 Å². The fourth-order valence-electron chi connectivity index (χ4n) is 1.39. The third-order valence-electron chi connectivity index (χ3n) is 2.31. The van der Waals surface area contributed by atoms with Crippen LogP contribution in [0.4, 0.5) is 0 Å². The van der Waals surface area contributed by atoms with Crippen molar-refractivity contribution in [3.05, 3.63) is 17.3 Å². The van der Waals surface area contributed by atoms with Crippen LogP contribution < -0.4 is 0 Å². The number of hydrogen-bond acceptors (Lipinski definition) is 4. The molecule has 0 spiro atoms. The molecule has 86 valence electrons. The molecule has 16 heavy (non-hydrogen) atoms. The molecule has 0 unspecified atom stereocenters. The van der Waals surface area contributed by atoms with Gasteiger partial charge in [-0.2, -0.15) is 0 Å². The van der Waals surface area contributed by atoms with Crippen molar-refractivity contribution in [1.29, 1.82) is 0 Å². The molecule has 0 aliphatic heterocycles. The second-order valence-corrected chi connectivity index (χ2v) is 5.96. The van der Waals surface area contributed by atoms with Gasteiger partial charge in [-0.15, -0.1) is 23.1 Å².